The molecule has 0 aliphatic heterocycles. The third-order valence-corrected chi connectivity index (χ3v) is 3.95. The number of amides is 2. The minimum Gasteiger partial charge on any atom is -0.383 e. The van der Waals surface area contributed by atoms with Crippen LogP contribution in [0.1, 0.15) is 35.9 Å². The Labute approximate surface area is 144 Å². The Kier molecular flexibility index (Phi) is 4.56. The van der Waals surface area contributed by atoms with E-state index in [2.05, 4.69) is 15.8 Å². The van der Waals surface area contributed by atoms with Gasteiger partial charge in [-0.2, -0.15) is 5.16 Å². The van der Waals surface area contributed by atoms with E-state index in [4.69, 9.17) is 4.52 Å². The lowest BCUT2D eigenvalue weighted by atomic mass is 10.2. The molecule has 130 valence electrons. The minimum atomic E-state index is -0.583. The number of carbonyl (C=O) groups excluding carboxylic acids is 2. The van der Waals surface area contributed by atoms with Crippen LogP contribution in [0.25, 0.3) is 0 Å². The fraction of sp³-hybridized carbons (Fsp3) is 0.278. The SMILES string of the molecule is C/C(=C\C1CC1)C(=O)Nc1cccc(NC(=O)c2c(C)o[nH]c2=O)c1. The first-order valence-electron chi connectivity index (χ1n) is 8.03. The molecule has 0 unspecified atom stereocenters. The summed E-state index contributed by atoms with van der Waals surface area (Å²) in [6.45, 7) is 3.31. The first-order chi connectivity index (χ1) is 11.9. The Balaban J connectivity index is 1.70. The zero-order valence-corrected chi connectivity index (χ0v) is 14.0. The normalized spacial score (nSPS) is 14.2. The molecule has 1 aliphatic rings. The second-order valence-electron chi connectivity index (χ2n) is 6.14. The lowest BCUT2D eigenvalue weighted by Gasteiger charge is -2.08. The van der Waals surface area contributed by atoms with Crippen molar-refractivity contribution >= 4 is 23.2 Å². The molecule has 1 heterocycles. The van der Waals surface area contributed by atoms with Gasteiger partial charge in [-0.25, -0.2) is 0 Å². The predicted octanol–water partition coefficient (Wildman–Crippen LogP) is 2.82. The van der Waals surface area contributed by atoms with Crippen LogP contribution in [0, 0.1) is 12.8 Å². The molecule has 0 radical (unpaired) electrons. The number of H-pyrrole nitrogens is 1. The molecular formula is C18H19N3O4. The smallest absolute Gasteiger partial charge is 0.293 e. The molecule has 7 heteroatoms. The highest BCUT2D eigenvalue weighted by atomic mass is 16.5. The van der Waals surface area contributed by atoms with Gasteiger partial charge in [0.05, 0.1) is 0 Å². The predicted molar refractivity (Wildman–Crippen MR) is 93.6 cm³/mol. The quantitative estimate of drug-likeness (QED) is 0.727. The van der Waals surface area contributed by atoms with Gasteiger partial charge in [0.25, 0.3) is 17.4 Å². The lowest BCUT2D eigenvalue weighted by molar-refractivity contribution is -0.112. The molecular weight excluding hydrogens is 322 g/mol. The van der Waals surface area contributed by atoms with Crippen LogP contribution in [0.3, 0.4) is 0 Å². The van der Waals surface area contributed by atoms with Crippen LogP contribution in [0.15, 0.2) is 45.2 Å². The van der Waals surface area contributed by atoms with Crippen molar-refractivity contribution in [2.45, 2.75) is 26.7 Å². The maximum Gasteiger partial charge on any atom is 0.293 e. The second-order valence-corrected chi connectivity index (χ2v) is 6.14. The van der Waals surface area contributed by atoms with Crippen LogP contribution in [0.2, 0.25) is 0 Å². The zero-order chi connectivity index (χ0) is 18.0. The largest absolute Gasteiger partial charge is 0.383 e. The number of nitrogens with one attached hydrogen (secondary N) is 3. The number of carbonyl (C=O) groups is 2. The van der Waals surface area contributed by atoms with Gasteiger partial charge >= 0.3 is 0 Å². The molecule has 0 saturated heterocycles. The molecule has 2 amide bonds. The van der Waals surface area contributed by atoms with Gasteiger partial charge in [0.1, 0.15) is 11.3 Å². The molecule has 1 aromatic heterocycles. The number of aromatic nitrogens is 1. The summed E-state index contributed by atoms with van der Waals surface area (Å²) in [6, 6.07) is 6.74. The Morgan fingerprint density at radius 1 is 1.24 bits per heavy atom. The topological polar surface area (TPSA) is 104 Å². The highest BCUT2D eigenvalue weighted by Crippen LogP contribution is 2.31. The van der Waals surface area contributed by atoms with Gasteiger partial charge in [-0.1, -0.05) is 12.1 Å². The van der Waals surface area contributed by atoms with Crippen molar-refractivity contribution in [1.29, 1.82) is 0 Å². The van der Waals surface area contributed by atoms with Crippen LogP contribution < -0.4 is 16.2 Å². The number of benzene rings is 1. The van der Waals surface area contributed by atoms with Gasteiger partial charge in [-0.05, 0) is 50.8 Å². The van der Waals surface area contributed by atoms with Crippen molar-refractivity contribution in [3.63, 3.8) is 0 Å². The molecule has 25 heavy (non-hydrogen) atoms. The van der Waals surface area contributed by atoms with E-state index in [1.54, 1.807) is 31.2 Å². The fourth-order valence-electron chi connectivity index (χ4n) is 2.44. The van der Waals surface area contributed by atoms with E-state index in [1.807, 2.05) is 6.08 Å². The average Bonchev–Trinajstić information content (AvgIpc) is 3.31. The molecule has 7 nitrogen and oxygen atoms in total. The van der Waals surface area contributed by atoms with Crippen LogP contribution in [-0.2, 0) is 4.79 Å². The molecule has 1 saturated carbocycles. The summed E-state index contributed by atoms with van der Waals surface area (Å²) in [5.74, 6) is -0.00116. The number of aromatic amines is 1. The van der Waals surface area contributed by atoms with Crippen LogP contribution in [0.5, 0.6) is 0 Å². The summed E-state index contributed by atoms with van der Waals surface area (Å²) >= 11 is 0. The number of hydrogen-bond acceptors (Lipinski definition) is 4. The number of allylic oxidation sites excluding steroid dienone is 1. The number of anilines is 2. The Morgan fingerprint density at radius 2 is 1.92 bits per heavy atom. The molecule has 0 bridgehead atoms. The first-order valence-corrected chi connectivity index (χ1v) is 8.03. The van der Waals surface area contributed by atoms with Gasteiger partial charge in [0, 0.05) is 16.9 Å². The van der Waals surface area contributed by atoms with Crippen molar-refractivity contribution in [2.75, 3.05) is 10.6 Å². The Morgan fingerprint density at radius 3 is 2.52 bits per heavy atom. The minimum absolute atomic E-state index is 0.0716. The van der Waals surface area contributed by atoms with E-state index in [-0.39, 0.29) is 17.2 Å². The van der Waals surface area contributed by atoms with Gasteiger partial charge < -0.3 is 15.2 Å². The van der Waals surface area contributed by atoms with E-state index in [1.165, 1.54) is 6.92 Å². The zero-order valence-electron chi connectivity index (χ0n) is 14.0. The molecule has 3 rings (SSSR count). The van der Waals surface area contributed by atoms with Gasteiger partial charge in [0.15, 0.2) is 0 Å². The molecule has 3 N–H and O–H groups in total. The Hall–Kier alpha value is -3.09. The lowest BCUT2D eigenvalue weighted by Crippen LogP contribution is -2.20. The molecule has 1 aromatic carbocycles. The standard InChI is InChI=1S/C18H19N3O4/c1-10(8-12-6-7-12)16(22)19-13-4-3-5-14(9-13)20-17(23)15-11(2)25-21-18(15)24/h3-5,8-9,12H,6-7H2,1-2H3,(H,19,22)(H,20,23)(H,21,24)/b10-8+. The number of rotatable bonds is 5. The summed E-state index contributed by atoms with van der Waals surface area (Å²) in [5, 5.41) is 7.55. The van der Waals surface area contributed by atoms with Crippen molar-refractivity contribution in [3.05, 3.63) is 57.6 Å². The third kappa shape index (κ3) is 4.06. The maximum atomic E-state index is 12.2. The summed E-state index contributed by atoms with van der Waals surface area (Å²) in [7, 11) is 0. The molecule has 1 aliphatic carbocycles. The molecule has 0 spiro atoms. The van der Waals surface area contributed by atoms with Crippen molar-refractivity contribution in [3.8, 4) is 0 Å². The number of hydrogen-bond donors (Lipinski definition) is 3. The fourth-order valence-corrected chi connectivity index (χ4v) is 2.44. The van der Waals surface area contributed by atoms with E-state index in [0.717, 1.165) is 12.8 Å². The number of aryl methyl sites for hydroxylation is 1. The summed E-state index contributed by atoms with van der Waals surface area (Å²) < 4.78 is 4.83. The third-order valence-electron chi connectivity index (χ3n) is 3.95. The van der Waals surface area contributed by atoms with Crippen LogP contribution in [-0.4, -0.2) is 17.0 Å². The van der Waals surface area contributed by atoms with Crippen molar-refractivity contribution < 1.29 is 14.1 Å². The first kappa shape index (κ1) is 16.8. The van der Waals surface area contributed by atoms with Gasteiger partial charge in [-0.15, -0.1) is 0 Å². The maximum absolute atomic E-state index is 12.2. The van der Waals surface area contributed by atoms with E-state index < -0.39 is 11.5 Å². The van der Waals surface area contributed by atoms with Gasteiger partial charge in [-0.3, -0.25) is 14.4 Å². The van der Waals surface area contributed by atoms with Crippen molar-refractivity contribution in [2.24, 2.45) is 5.92 Å². The highest BCUT2D eigenvalue weighted by molar-refractivity contribution is 6.06. The monoisotopic (exact) mass is 341 g/mol. The second kappa shape index (κ2) is 6.80. The van der Waals surface area contributed by atoms with E-state index in [9.17, 15) is 14.4 Å². The van der Waals surface area contributed by atoms with Crippen LogP contribution in [0.4, 0.5) is 11.4 Å². The molecule has 2 aromatic rings. The summed E-state index contributed by atoms with van der Waals surface area (Å²) in [6.07, 6.45) is 4.26. The Bertz CT molecular complexity index is 903. The summed E-state index contributed by atoms with van der Waals surface area (Å²) in [5.41, 5.74) is 1.05. The summed E-state index contributed by atoms with van der Waals surface area (Å²) in [4.78, 5) is 35.9. The molecule has 1 fully saturated rings. The average molecular weight is 341 g/mol. The van der Waals surface area contributed by atoms with E-state index >= 15 is 0 Å². The van der Waals surface area contributed by atoms with E-state index in [0.29, 0.717) is 22.9 Å². The van der Waals surface area contributed by atoms with Crippen molar-refractivity contribution in [1.82, 2.24) is 5.16 Å². The van der Waals surface area contributed by atoms with Crippen LogP contribution >= 0.6 is 0 Å². The molecule has 0 atom stereocenters. The highest BCUT2D eigenvalue weighted by Gasteiger charge is 2.20. The van der Waals surface area contributed by atoms with Gasteiger partial charge in [0.2, 0.25) is 0 Å².